The predicted molar refractivity (Wildman–Crippen MR) is 126 cm³/mol. The summed E-state index contributed by atoms with van der Waals surface area (Å²) in [6.45, 7) is 4.40. The van der Waals surface area contributed by atoms with Gasteiger partial charge in [-0.3, -0.25) is 4.68 Å². The van der Waals surface area contributed by atoms with Crippen LogP contribution in [0.3, 0.4) is 0 Å². The molecular formula is C24H24N8. The van der Waals surface area contributed by atoms with Crippen molar-refractivity contribution in [3.05, 3.63) is 61.1 Å². The van der Waals surface area contributed by atoms with E-state index in [1.54, 1.807) is 10.9 Å². The molecule has 0 spiro atoms. The number of likely N-dealkylation sites (N-methyl/N-ethyl adjacent to an activating group) is 1. The van der Waals surface area contributed by atoms with Gasteiger partial charge in [0.15, 0.2) is 0 Å². The average Bonchev–Trinajstić information content (AvgIpc) is 3.28. The summed E-state index contributed by atoms with van der Waals surface area (Å²) < 4.78 is 1.62. The molecule has 5 rings (SSSR count). The zero-order chi connectivity index (χ0) is 21.9. The van der Waals surface area contributed by atoms with E-state index in [1.165, 1.54) is 5.69 Å². The standard InChI is InChI=1S/C24H24N8/c1-30-10-12-31(13-11-30)21-6-3-5-20(14-21)28-24-26-15-18-4-2-7-22(23(18)29-24)19-16-27-32(17-19)9-8-25/h2-7,14-17H,9-13H2,1H3,(H,26,28,29). The van der Waals surface area contributed by atoms with Crippen molar-refractivity contribution in [2.45, 2.75) is 6.54 Å². The SMILES string of the molecule is CN1CCN(c2cccc(Nc3ncc4cccc(-c5cnn(CC#N)c5)c4n3)c2)CC1. The van der Waals surface area contributed by atoms with E-state index in [1.807, 2.05) is 36.7 Å². The number of aromatic nitrogens is 4. The summed E-state index contributed by atoms with van der Waals surface area (Å²) in [6, 6.07) is 16.5. The minimum Gasteiger partial charge on any atom is -0.369 e. The van der Waals surface area contributed by atoms with Crippen LogP contribution in [0.1, 0.15) is 0 Å². The van der Waals surface area contributed by atoms with E-state index in [2.05, 4.69) is 56.5 Å². The lowest BCUT2D eigenvalue weighted by Crippen LogP contribution is -2.44. The van der Waals surface area contributed by atoms with Gasteiger partial charge < -0.3 is 15.1 Å². The van der Waals surface area contributed by atoms with Crippen LogP contribution in [0.2, 0.25) is 0 Å². The van der Waals surface area contributed by atoms with Gasteiger partial charge in [-0.2, -0.15) is 10.4 Å². The highest BCUT2D eigenvalue weighted by Crippen LogP contribution is 2.28. The number of benzene rings is 2. The van der Waals surface area contributed by atoms with Crippen LogP contribution in [-0.4, -0.2) is 57.9 Å². The molecule has 0 aliphatic carbocycles. The average molecular weight is 425 g/mol. The summed E-state index contributed by atoms with van der Waals surface area (Å²) in [7, 11) is 2.16. The molecule has 1 fully saturated rings. The Labute approximate surface area is 186 Å². The van der Waals surface area contributed by atoms with Crippen LogP contribution in [0.15, 0.2) is 61.1 Å². The highest BCUT2D eigenvalue weighted by atomic mass is 15.3. The zero-order valence-electron chi connectivity index (χ0n) is 17.9. The molecule has 3 heterocycles. The first-order valence-electron chi connectivity index (χ1n) is 10.7. The maximum absolute atomic E-state index is 8.92. The molecule has 1 N–H and O–H groups in total. The third-order valence-corrected chi connectivity index (χ3v) is 5.76. The molecule has 0 radical (unpaired) electrons. The minimum atomic E-state index is 0.218. The van der Waals surface area contributed by atoms with Gasteiger partial charge in [0.2, 0.25) is 5.95 Å². The number of piperazine rings is 1. The van der Waals surface area contributed by atoms with Gasteiger partial charge in [0, 0.05) is 66.5 Å². The van der Waals surface area contributed by atoms with Crippen LogP contribution in [0, 0.1) is 11.3 Å². The summed E-state index contributed by atoms with van der Waals surface area (Å²) >= 11 is 0. The molecule has 0 atom stereocenters. The summed E-state index contributed by atoms with van der Waals surface area (Å²) in [6.07, 6.45) is 5.46. The maximum Gasteiger partial charge on any atom is 0.227 e. The van der Waals surface area contributed by atoms with E-state index in [4.69, 9.17) is 10.2 Å². The monoisotopic (exact) mass is 424 g/mol. The molecular weight excluding hydrogens is 400 g/mol. The lowest BCUT2D eigenvalue weighted by atomic mass is 10.1. The molecule has 0 saturated carbocycles. The van der Waals surface area contributed by atoms with Crippen molar-refractivity contribution in [2.75, 3.05) is 43.4 Å². The van der Waals surface area contributed by atoms with Gasteiger partial charge in [0.05, 0.1) is 17.8 Å². The molecule has 32 heavy (non-hydrogen) atoms. The largest absolute Gasteiger partial charge is 0.369 e. The first-order valence-corrected chi connectivity index (χ1v) is 10.7. The third kappa shape index (κ3) is 4.11. The maximum atomic E-state index is 8.92. The quantitative estimate of drug-likeness (QED) is 0.525. The fourth-order valence-corrected chi connectivity index (χ4v) is 3.98. The van der Waals surface area contributed by atoms with E-state index < -0.39 is 0 Å². The van der Waals surface area contributed by atoms with Crippen LogP contribution in [0.25, 0.3) is 22.0 Å². The van der Waals surface area contributed by atoms with Crippen LogP contribution in [0.5, 0.6) is 0 Å². The molecule has 8 nitrogen and oxygen atoms in total. The molecule has 8 heteroatoms. The molecule has 4 aromatic rings. The molecule has 1 aliphatic rings. The van der Waals surface area contributed by atoms with Gasteiger partial charge in [0.1, 0.15) is 6.54 Å². The van der Waals surface area contributed by atoms with E-state index in [9.17, 15) is 0 Å². The number of anilines is 3. The molecule has 0 bridgehead atoms. The van der Waals surface area contributed by atoms with Crippen molar-refractivity contribution in [3.63, 3.8) is 0 Å². The molecule has 1 aliphatic heterocycles. The van der Waals surface area contributed by atoms with Crippen LogP contribution in [0.4, 0.5) is 17.3 Å². The van der Waals surface area contributed by atoms with E-state index in [-0.39, 0.29) is 6.54 Å². The summed E-state index contributed by atoms with van der Waals surface area (Å²) in [5.74, 6) is 0.546. The number of nitriles is 1. The summed E-state index contributed by atoms with van der Waals surface area (Å²) in [5.41, 5.74) is 4.89. The van der Waals surface area contributed by atoms with Gasteiger partial charge in [0.25, 0.3) is 0 Å². The number of fused-ring (bicyclic) bond motifs is 1. The van der Waals surface area contributed by atoms with Crippen molar-refractivity contribution in [3.8, 4) is 17.2 Å². The molecule has 1 saturated heterocycles. The third-order valence-electron chi connectivity index (χ3n) is 5.76. The molecule has 160 valence electrons. The Morgan fingerprint density at radius 3 is 2.75 bits per heavy atom. The predicted octanol–water partition coefficient (Wildman–Crippen LogP) is 3.51. The first-order chi connectivity index (χ1) is 15.7. The highest BCUT2D eigenvalue weighted by molar-refractivity contribution is 5.93. The van der Waals surface area contributed by atoms with E-state index in [0.29, 0.717) is 5.95 Å². The Morgan fingerprint density at radius 1 is 1.06 bits per heavy atom. The normalized spacial score (nSPS) is 14.4. The van der Waals surface area contributed by atoms with Crippen LogP contribution in [-0.2, 0) is 6.54 Å². The van der Waals surface area contributed by atoms with E-state index >= 15 is 0 Å². The van der Waals surface area contributed by atoms with Crippen molar-refractivity contribution in [2.24, 2.45) is 0 Å². The number of hydrogen-bond acceptors (Lipinski definition) is 7. The lowest BCUT2D eigenvalue weighted by molar-refractivity contribution is 0.313. The van der Waals surface area contributed by atoms with Crippen LogP contribution >= 0.6 is 0 Å². The van der Waals surface area contributed by atoms with Gasteiger partial charge in [-0.25, -0.2) is 9.97 Å². The topological polar surface area (TPSA) is 85.9 Å². The Kier molecular flexibility index (Phi) is 5.40. The zero-order valence-corrected chi connectivity index (χ0v) is 17.9. The van der Waals surface area contributed by atoms with Crippen molar-refractivity contribution in [1.29, 1.82) is 5.26 Å². The molecule has 2 aromatic carbocycles. The Balaban J connectivity index is 1.43. The van der Waals surface area contributed by atoms with Crippen molar-refractivity contribution in [1.82, 2.24) is 24.6 Å². The van der Waals surface area contributed by atoms with Gasteiger partial charge in [-0.15, -0.1) is 0 Å². The molecule has 0 unspecified atom stereocenters. The second kappa shape index (κ2) is 8.65. The fraction of sp³-hybridized carbons (Fsp3) is 0.250. The highest BCUT2D eigenvalue weighted by Gasteiger charge is 2.15. The van der Waals surface area contributed by atoms with Gasteiger partial charge in [-0.05, 0) is 25.2 Å². The summed E-state index contributed by atoms with van der Waals surface area (Å²) in [5, 5.41) is 17.5. The number of nitrogens with zero attached hydrogens (tertiary/aromatic N) is 7. The molecule has 2 aromatic heterocycles. The Bertz CT molecular complexity index is 1280. The van der Waals surface area contributed by atoms with Gasteiger partial charge in [-0.1, -0.05) is 24.3 Å². The van der Waals surface area contributed by atoms with Crippen molar-refractivity contribution >= 4 is 28.2 Å². The number of rotatable bonds is 5. The fourth-order valence-electron chi connectivity index (χ4n) is 3.98. The number of hydrogen-bond donors (Lipinski definition) is 1. The second-order valence-corrected chi connectivity index (χ2v) is 7.99. The Morgan fingerprint density at radius 2 is 1.91 bits per heavy atom. The number of nitrogens with one attached hydrogen (secondary N) is 1. The molecule has 0 amide bonds. The smallest absolute Gasteiger partial charge is 0.227 e. The summed E-state index contributed by atoms with van der Waals surface area (Å²) in [4.78, 5) is 14.1. The Hall–Kier alpha value is -3.96. The minimum absolute atomic E-state index is 0.218. The van der Waals surface area contributed by atoms with Gasteiger partial charge >= 0.3 is 0 Å². The van der Waals surface area contributed by atoms with Crippen LogP contribution < -0.4 is 10.2 Å². The van der Waals surface area contributed by atoms with E-state index in [0.717, 1.165) is 53.9 Å². The number of para-hydroxylation sites is 1. The first kappa shape index (κ1) is 20.0. The second-order valence-electron chi connectivity index (χ2n) is 7.99. The lowest BCUT2D eigenvalue weighted by Gasteiger charge is -2.34. The van der Waals surface area contributed by atoms with Crippen molar-refractivity contribution < 1.29 is 0 Å².